The van der Waals surface area contributed by atoms with E-state index in [1.54, 1.807) is 4.90 Å². The Bertz CT molecular complexity index is 870. The van der Waals surface area contributed by atoms with Crippen molar-refractivity contribution in [3.8, 4) is 5.75 Å². The molecule has 1 aromatic heterocycles. The third-order valence-corrected chi connectivity index (χ3v) is 5.59. The largest absolute Gasteiger partial charge is 0.484 e. The fraction of sp³-hybridized carbons (Fsp3) is 0.550. The molecule has 1 amide bonds. The zero-order valence-electron chi connectivity index (χ0n) is 16.7. The van der Waals surface area contributed by atoms with Crippen LogP contribution in [-0.4, -0.2) is 67.4 Å². The number of carbonyl (C=O) groups excluding carboxylic acids is 1. The van der Waals surface area contributed by atoms with Gasteiger partial charge in [-0.2, -0.15) is 0 Å². The molecule has 0 aliphatic carbocycles. The SMILES string of the molecule is CC(C)N1C[C@H](O)C[C@H]1c1nnc2n1CCN(C(=O)COc1ccc(F)cc1)C2. The lowest BCUT2D eigenvalue weighted by molar-refractivity contribution is -0.134. The molecular formula is C20H26FN5O3. The summed E-state index contributed by atoms with van der Waals surface area (Å²) in [4.78, 5) is 16.5. The van der Waals surface area contributed by atoms with Crippen LogP contribution in [0, 0.1) is 5.82 Å². The monoisotopic (exact) mass is 403 g/mol. The number of carbonyl (C=O) groups is 1. The van der Waals surface area contributed by atoms with Gasteiger partial charge in [0.1, 0.15) is 11.6 Å². The third kappa shape index (κ3) is 4.11. The summed E-state index contributed by atoms with van der Waals surface area (Å²) < 4.78 is 20.5. The molecule has 2 aliphatic heterocycles. The number of rotatable bonds is 5. The normalized spacial score (nSPS) is 22.2. The lowest BCUT2D eigenvalue weighted by Crippen LogP contribution is -2.41. The fourth-order valence-electron chi connectivity index (χ4n) is 4.07. The van der Waals surface area contributed by atoms with Crippen LogP contribution in [0.15, 0.2) is 24.3 Å². The van der Waals surface area contributed by atoms with Gasteiger partial charge in [0.2, 0.25) is 0 Å². The summed E-state index contributed by atoms with van der Waals surface area (Å²) >= 11 is 0. The maximum absolute atomic E-state index is 13.0. The van der Waals surface area contributed by atoms with Gasteiger partial charge in [-0.1, -0.05) is 0 Å². The van der Waals surface area contributed by atoms with Gasteiger partial charge in [0, 0.05) is 25.7 Å². The summed E-state index contributed by atoms with van der Waals surface area (Å²) in [5, 5.41) is 18.8. The van der Waals surface area contributed by atoms with E-state index in [4.69, 9.17) is 4.74 Å². The number of aromatic nitrogens is 3. The number of amides is 1. The molecule has 0 saturated carbocycles. The minimum Gasteiger partial charge on any atom is -0.484 e. The van der Waals surface area contributed by atoms with E-state index in [0.717, 1.165) is 11.6 Å². The van der Waals surface area contributed by atoms with Crippen molar-refractivity contribution in [1.29, 1.82) is 0 Å². The highest BCUT2D eigenvalue weighted by atomic mass is 19.1. The van der Waals surface area contributed by atoms with E-state index in [1.165, 1.54) is 24.3 Å². The Morgan fingerprint density at radius 1 is 1.28 bits per heavy atom. The summed E-state index contributed by atoms with van der Waals surface area (Å²) in [6, 6.07) is 5.93. The fourth-order valence-corrected chi connectivity index (χ4v) is 4.07. The zero-order chi connectivity index (χ0) is 20.5. The third-order valence-electron chi connectivity index (χ3n) is 5.59. The minimum absolute atomic E-state index is 0.0373. The molecule has 0 bridgehead atoms. The molecule has 2 aromatic rings. The van der Waals surface area contributed by atoms with Crippen molar-refractivity contribution in [2.45, 2.75) is 51.5 Å². The molecule has 9 heteroatoms. The van der Waals surface area contributed by atoms with Gasteiger partial charge in [0.15, 0.2) is 18.3 Å². The Morgan fingerprint density at radius 3 is 2.76 bits per heavy atom. The molecule has 3 heterocycles. The first kappa shape index (κ1) is 19.8. The molecule has 1 fully saturated rings. The Morgan fingerprint density at radius 2 is 2.03 bits per heavy atom. The average Bonchev–Trinajstić information content (AvgIpc) is 3.30. The molecule has 4 rings (SSSR count). The molecule has 0 radical (unpaired) electrons. The molecule has 2 atom stereocenters. The van der Waals surface area contributed by atoms with E-state index in [0.29, 0.717) is 44.4 Å². The number of likely N-dealkylation sites (tertiary alicyclic amines) is 1. The van der Waals surface area contributed by atoms with Crippen molar-refractivity contribution < 1.29 is 19.0 Å². The Hall–Kier alpha value is -2.52. The van der Waals surface area contributed by atoms with Gasteiger partial charge < -0.3 is 19.3 Å². The standard InChI is InChI=1S/C20H26FN5O3/c1-13(2)26-10-15(27)9-17(26)20-23-22-18-11-24(7-8-25(18)20)19(28)12-29-16-5-3-14(21)4-6-16/h3-6,13,15,17,27H,7-12H2,1-2H3/t15-,17+/m1/s1. The molecule has 1 N–H and O–H groups in total. The second-order valence-corrected chi connectivity index (χ2v) is 7.88. The van der Waals surface area contributed by atoms with Crippen LogP contribution in [0.5, 0.6) is 5.75 Å². The number of benzene rings is 1. The van der Waals surface area contributed by atoms with Crippen molar-refractivity contribution in [2.24, 2.45) is 0 Å². The number of aliphatic hydroxyl groups is 1. The summed E-state index contributed by atoms with van der Waals surface area (Å²) in [7, 11) is 0. The van der Waals surface area contributed by atoms with E-state index in [9.17, 15) is 14.3 Å². The predicted molar refractivity (Wildman–Crippen MR) is 103 cm³/mol. The summed E-state index contributed by atoms with van der Waals surface area (Å²) in [6.45, 7) is 6.27. The number of nitrogens with zero attached hydrogens (tertiary/aromatic N) is 5. The molecule has 0 unspecified atom stereocenters. The molecule has 0 spiro atoms. The first-order valence-corrected chi connectivity index (χ1v) is 9.94. The molecule has 2 aliphatic rings. The highest BCUT2D eigenvalue weighted by Crippen LogP contribution is 2.33. The van der Waals surface area contributed by atoms with Gasteiger partial charge >= 0.3 is 0 Å². The van der Waals surface area contributed by atoms with Gasteiger partial charge in [-0.15, -0.1) is 10.2 Å². The Kier molecular flexibility index (Phi) is 5.51. The molecule has 156 valence electrons. The highest BCUT2D eigenvalue weighted by Gasteiger charge is 2.38. The number of hydrogen-bond acceptors (Lipinski definition) is 6. The van der Waals surface area contributed by atoms with Crippen molar-refractivity contribution >= 4 is 5.91 Å². The molecule has 29 heavy (non-hydrogen) atoms. The van der Waals surface area contributed by atoms with E-state index in [-0.39, 0.29) is 30.5 Å². The number of halogens is 1. The van der Waals surface area contributed by atoms with Crippen LogP contribution >= 0.6 is 0 Å². The number of hydrogen-bond donors (Lipinski definition) is 1. The van der Waals surface area contributed by atoms with E-state index in [1.807, 2.05) is 0 Å². The predicted octanol–water partition coefficient (Wildman–Crippen LogP) is 1.35. The first-order chi connectivity index (χ1) is 13.9. The van der Waals surface area contributed by atoms with Crippen LogP contribution in [0.4, 0.5) is 4.39 Å². The molecule has 1 saturated heterocycles. The van der Waals surface area contributed by atoms with Crippen LogP contribution in [0.25, 0.3) is 0 Å². The maximum Gasteiger partial charge on any atom is 0.260 e. The van der Waals surface area contributed by atoms with E-state index in [2.05, 4.69) is 33.5 Å². The van der Waals surface area contributed by atoms with Gasteiger partial charge in [0.25, 0.3) is 5.91 Å². The van der Waals surface area contributed by atoms with Gasteiger partial charge in [-0.3, -0.25) is 9.69 Å². The van der Waals surface area contributed by atoms with Crippen molar-refractivity contribution in [1.82, 2.24) is 24.6 Å². The average molecular weight is 403 g/mol. The Labute approximate surface area is 168 Å². The first-order valence-electron chi connectivity index (χ1n) is 9.94. The molecule has 1 aromatic carbocycles. The second kappa shape index (κ2) is 8.08. The van der Waals surface area contributed by atoms with Gasteiger partial charge in [-0.25, -0.2) is 4.39 Å². The molecular weight excluding hydrogens is 377 g/mol. The lowest BCUT2D eigenvalue weighted by Gasteiger charge is -2.31. The van der Waals surface area contributed by atoms with E-state index >= 15 is 0 Å². The van der Waals surface area contributed by atoms with Crippen LogP contribution in [-0.2, 0) is 17.9 Å². The van der Waals surface area contributed by atoms with Crippen molar-refractivity contribution in [3.63, 3.8) is 0 Å². The minimum atomic E-state index is -0.361. The smallest absolute Gasteiger partial charge is 0.260 e. The highest BCUT2D eigenvalue weighted by molar-refractivity contribution is 5.77. The maximum atomic E-state index is 13.0. The van der Waals surface area contributed by atoms with Gasteiger partial charge in [-0.05, 0) is 44.5 Å². The number of fused-ring (bicyclic) bond motifs is 1. The van der Waals surface area contributed by atoms with Crippen LogP contribution in [0.1, 0.15) is 38.0 Å². The van der Waals surface area contributed by atoms with Crippen LogP contribution in [0.2, 0.25) is 0 Å². The van der Waals surface area contributed by atoms with Crippen molar-refractivity contribution in [3.05, 3.63) is 41.7 Å². The van der Waals surface area contributed by atoms with Crippen molar-refractivity contribution in [2.75, 3.05) is 19.7 Å². The zero-order valence-corrected chi connectivity index (χ0v) is 16.7. The molecule has 8 nitrogen and oxygen atoms in total. The number of aliphatic hydroxyl groups excluding tert-OH is 1. The second-order valence-electron chi connectivity index (χ2n) is 7.88. The number of β-amino-alcohol motifs (C(OH)–C–C–N with tert-alkyl or cyclic N) is 1. The van der Waals surface area contributed by atoms with E-state index < -0.39 is 0 Å². The van der Waals surface area contributed by atoms with Gasteiger partial charge in [0.05, 0.1) is 18.7 Å². The summed E-state index contributed by atoms with van der Waals surface area (Å²) in [5.74, 6) is 1.56. The Balaban J connectivity index is 1.40. The summed E-state index contributed by atoms with van der Waals surface area (Å²) in [6.07, 6.45) is 0.283. The van der Waals surface area contributed by atoms with Crippen LogP contribution < -0.4 is 4.74 Å². The topological polar surface area (TPSA) is 83.7 Å². The van der Waals surface area contributed by atoms with Crippen LogP contribution in [0.3, 0.4) is 0 Å². The lowest BCUT2D eigenvalue weighted by atomic mass is 10.1. The summed E-state index contributed by atoms with van der Waals surface area (Å²) in [5.41, 5.74) is 0. The number of ether oxygens (including phenoxy) is 1. The quantitative estimate of drug-likeness (QED) is 0.812.